The maximum atomic E-state index is 12.0. The van der Waals surface area contributed by atoms with Crippen LogP contribution in [0.25, 0.3) is 0 Å². The van der Waals surface area contributed by atoms with Gasteiger partial charge in [-0.05, 0) is 44.0 Å². The van der Waals surface area contributed by atoms with Crippen LogP contribution in [0, 0.1) is 0 Å². The van der Waals surface area contributed by atoms with E-state index in [9.17, 15) is 4.79 Å². The second-order valence-electron chi connectivity index (χ2n) is 5.52. The summed E-state index contributed by atoms with van der Waals surface area (Å²) in [6, 6.07) is 7.30. The second-order valence-corrected chi connectivity index (χ2v) is 5.52. The van der Waals surface area contributed by atoms with E-state index in [2.05, 4.69) is 19.2 Å². The first-order valence-corrected chi connectivity index (χ1v) is 7.86. The Labute approximate surface area is 140 Å². The molecule has 1 unspecified atom stereocenters. The SMILES string of the molecule is CCCC(CCC)NCC(C)OC(=O)c1ccc(N)cc1.Cl. The van der Waals surface area contributed by atoms with Gasteiger partial charge in [0.1, 0.15) is 6.10 Å². The Morgan fingerprint density at radius 2 is 1.73 bits per heavy atom. The Morgan fingerprint density at radius 3 is 2.23 bits per heavy atom. The van der Waals surface area contributed by atoms with Crippen molar-refractivity contribution in [3.8, 4) is 0 Å². The predicted molar refractivity (Wildman–Crippen MR) is 94.6 cm³/mol. The summed E-state index contributed by atoms with van der Waals surface area (Å²) in [5, 5.41) is 3.49. The lowest BCUT2D eigenvalue weighted by molar-refractivity contribution is 0.0335. The highest BCUT2D eigenvalue weighted by Crippen LogP contribution is 2.09. The zero-order valence-corrected chi connectivity index (χ0v) is 14.6. The number of halogens is 1. The van der Waals surface area contributed by atoms with Crippen molar-refractivity contribution in [3.63, 3.8) is 0 Å². The molecular weight excluding hydrogens is 300 g/mol. The molecule has 0 aliphatic rings. The normalized spacial score (nSPS) is 11.8. The first kappa shape index (κ1) is 20.7. The van der Waals surface area contributed by atoms with Gasteiger partial charge in [0.05, 0.1) is 5.56 Å². The van der Waals surface area contributed by atoms with Crippen molar-refractivity contribution in [1.29, 1.82) is 0 Å². The van der Waals surface area contributed by atoms with Crippen LogP contribution in [-0.2, 0) is 4.74 Å². The molecule has 0 aliphatic heterocycles. The Morgan fingerprint density at radius 1 is 1.18 bits per heavy atom. The van der Waals surface area contributed by atoms with E-state index in [1.165, 1.54) is 0 Å². The van der Waals surface area contributed by atoms with Gasteiger partial charge in [-0.2, -0.15) is 0 Å². The van der Waals surface area contributed by atoms with Gasteiger partial charge in [-0.3, -0.25) is 0 Å². The molecular formula is C17H29ClN2O2. The molecule has 126 valence electrons. The lowest BCUT2D eigenvalue weighted by Crippen LogP contribution is -2.36. The molecule has 0 amide bonds. The number of nitrogens with one attached hydrogen (secondary N) is 1. The fourth-order valence-electron chi connectivity index (χ4n) is 2.29. The Kier molecular flexibility index (Phi) is 10.7. The van der Waals surface area contributed by atoms with E-state index in [0.717, 1.165) is 25.7 Å². The Balaban J connectivity index is 0.00000441. The lowest BCUT2D eigenvalue weighted by atomic mass is 10.1. The second kappa shape index (κ2) is 11.3. The van der Waals surface area contributed by atoms with Crippen molar-refractivity contribution >= 4 is 24.1 Å². The van der Waals surface area contributed by atoms with Crippen LogP contribution in [0.5, 0.6) is 0 Å². The number of carbonyl (C=O) groups is 1. The van der Waals surface area contributed by atoms with Gasteiger partial charge < -0.3 is 15.8 Å². The number of hydrogen-bond acceptors (Lipinski definition) is 4. The lowest BCUT2D eigenvalue weighted by Gasteiger charge is -2.20. The molecule has 1 aromatic rings. The van der Waals surface area contributed by atoms with Gasteiger partial charge in [-0.25, -0.2) is 4.79 Å². The van der Waals surface area contributed by atoms with E-state index in [0.29, 0.717) is 23.8 Å². The summed E-state index contributed by atoms with van der Waals surface area (Å²) in [4.78, 5) is 12.0. The van der Waals surface area contributed by atoms with Gasteiger partial charge in [0.25, 0.3) is 0 Å². The van der Waals surface area contributed by atoms with Crippen LogP contribution in [0.1, 0.15) is 56.8 Å². The minimum absolute atomic E-state index is 0. The van der Waals surface area contributed by atoms with E-state index >= 15 is 0 Å². The number of benzene rings is 1. The van der Waals surface area contributed by atoms with Gasteiger partial charge in [-0.15, -0.1) is 12.4 Å². The molecule has 0 aromatic heterocycles. The molecule has 0 saturated carbocycles. The summed E-state index contributed by atoms with van der Waals surface area (Å²) < 4.78 is 5.44. The number of ether oxygens (including phenoxy) is 1. The molecule has 0 bridgehead atoms. The van der Waals surface area contributed by atoms with Crippen LogP contribution >= 0.6 is 12.4 Å². The number of anilines is 1. The monoisotopic (exact) mass is 328 g/mol. The topological polar surface area (TPSA) is 64.3 Å². The van der Waals surface area contributed by atoms with Crippen molar-refractivity contribution in [2.45, 2.75) is 58.6 Å². The molecule has 0 saturated heterocycles. The van der Waals surface area contributed by atoms with Crippen LogP contribution in [0.2, 0.25) is 0 Å². The Hall–Kier alpha value is -1.26. The highest BCUT2D eigenvalue weighted by atomic mass is 35.5. The molecule has 3 N–H and O–H groups in total. The first-order chi connectivity index (χ1) is 10.1. The highest BCUT2D eigenvalue weighted by molar-refractivity contribution is 5.89. The van der Waals surface area contributed by atoms with Gasteiger partial charge in [0.15, 0.2) is 0 Å². The molecule has 0 aliphatic carbocycles. The minimum atomic E-state index is -0.299. The van der Waals surface area contributed by atoms with E-state index < -0.39 is 0 Å². The number of nitrogens with two attached hydrogens (primary N) is 1. The third-order valence-corrected chi connectivity index (χ3v) is 3.42. The van der Waals surface area contributed by atoms with Gasteiger partial charge in [-0.1, -0.05) is 26.7 Å². The van der Waals surface area contributed by atoms with Crippen LogP contribution in [0.3, 0.4) is 0 Å². The summed E-state index contributed by atoms with van der Waals surface area (Å²) in [6.07, 6.45) is 4.50. The smallest absolute Gasteiger partial charge is 0.338 e. The molecule has 0 radical (unpaired) electrons. The molecule has 0 heterocycles. The van der Waals surface area contributed by atoms with E-state index in [-0.39, 0.29) is 24.5 Å². The summed E-state index contributed by atoms with van der Waals surface area (Å²) >= 11 is 0. The molecule has 5 heteroatoms. The van der Waals surface area contributed by atoms with Crippen LogP contribution in [0.4, 0.5) is 5.69 Å². The van der Waals surface area contributed by atoms with Crippen molar-refractivity contribution < 1.29 is 9.53 Å². The van der Waals surface area contributed by atoms with Crippen LogP contribution < -0.4 is 11.1 Å². The molecule has 1 rings (SSSR count). The number of carbonyl (C=O) groups excluding carboxylic acids is 1. The summed E-state index contributed by atoms with van der Waals surface area (Å²) in [5.74, 6) is -0.299. The van der Waals surface area contributed by atoms with Crippen molar-refractivity contribution in [2.75, 3.05) is 12.3 Å². The fraction of sp³-hybridized carbons (Fsp3) is 0.588. The summed E-state index contributed by atoms with van der Waals surface area (Å²) in [6.45, 7) is 6.98. The van der Waals surface area contributed by atoms with E-state index in [1.807, 2.05) is 6.92 Å². The third kappa shape index (κ3) is 7.66. The van der Waals surface area contributed by atoms with Crippen molar-refractivity contribution in [2.24, 2.45) is 0 Å². The molecule has 0 fully saturated rings. The van der Waals surface area contributed by atoms with Gasteiger partial charge in [0.2, 0.25) is 0 Å². The van der Waals surface area contributed by atoms with Crippen LogP contribution in [-0.4, -0.2) is 24.7 Å². The molecule has 0 spiro atoms. The van der Waals surface area contributed by atoms with E-state index in [1.54, 1.807) is 24.3 Å². The van der Waals surface area contributed by atoms with Gasteiger partial charge >= 0.3 is 5.97 Å². The minimum Gasteiger partial charge on any atom is -0.458 e. The fourth-order valence-corrected chi connectivity index (χ4v) is 2.29. The largest absolute Gasteiger partial charge is 0.458 e. The molecule has 1 aromatic carbocycles. The van der Waals surface area contributed by atoms with Crippen molar-refractivity contribution in [1.82, 2.24) is 5.32 Å². The first-order valence-electron chi connectivity index (χ1n) is 7.86. The van der Waals surface area contributed by atoms with E-state index in [4.69, 9.17) is 10.5 Å². The predicted octanol–water partition coefficient (Wildman–Crippen LogP) is 3.79. The maximum Gasteiger partial charge on any atom is 0.338 e. The number of esters is 1. The maximum absolute atomic E-state index is 12.0. The van der Waals surface area contributed by atoms with Gasteiger partial charge in [0, 0.05) is 18.3 Å². The molecule has 22 heavy (non-hydrogen) atoms. The zero-order chi connectivity index (χ0) is 15.7. The number of rotatable bonds is 9. The summed E-state index contributed by atoms with van der Waals surface area (Å²) in [5.41, 5.74) is 6.78. The van der Waals surface area contributed by atoms with Crippen LogP contribution in [0.15, 0.2) is 24.3 Å². The average molecular weight is 329 g/mol. The highest BCUT2D eigenvalue weighted by Gasteiger charge is 2.13. The number of nitrogen functional groups attached to an aromatic ring is 1. The Bertz CT molecular complexity index is 417. The third-order valence-electron chi connectivity index (χ3n) is 3.42. The quantitative estimate of drug-likeness (QED) is 0.534. The average Bonchev–Trinajstić information content (AvgIpc) is 2.46. The van der Waals surface area contributed by atoms with Crippen molar-refractivity contribution in [3.05, 3.63) is 29.8 Å². The number of hydrogen-bond donors (Lipinski definition) is 2. The molecule has 4 nitrogen and oxygen atoms in total. The summed E-state index contributed by atoms with van der Waals surface area (Å²) in [7, 11) is 0. The molecule has 1 atom stereocenters. The standard InChI is InChI=1S/C17H28N2O2.ClH/c1-4-6-16(7-5-2)19-12-13(3)21-17(20)14-8-10-15(18)11-9-14;/h8-11,13,16,19H,4-7,12,18H2,1-3H3;1H. The zero-order valence-electron chi connectivity index (χ0n) is 13.8.